The third-order valence-electron chi connectivity index (χ3n) is 0. The van der Waals surface area contributed by atoms with Gasteiger partial charge in [0.05, 0.1) is 0 Å². The van der Waals surface area contributed by atoms with E-state index in [1.807, 2.05) is 0 Å². The van der Waals surface area contributed by atoms with Gasteiger partial charge in [-0.3, -0.25) is 0 Å². The molecule has 11 nitrogen and oxygen atoms in total. The van der Waals surface area contributed by atoms with Gasteiger partial charge in [0, 0.05) is 0 Å². The minimum atomic E-state index is 0. The van der Waals surface area contributed by atoms with Gasteiger partial charge in [-0.05, 0) is 0 Å². The Bertz CT molecular complexity index is 16.5. The van der Waals surface area contributed by atoms with Gasteiger partial charge in [0.25, 0.3) is 0 Å². The van der Waals surface area contributed by atoms with Crippen molar-refractivity contribution in [3.05, 3.63) is 0 Å². The van der Waals surface area contributed by atoms with Crippen molar-refractivity contribution < 1.29 is 139 Å². The molecule has 15 heavy (non-hydrogen) atoms. The van der Waals surface area contributed by atoms with Crippen molar-refractivity contribution in [2.75, 3.05) is 0 Å². The zero-order valence-corrected chi connectivity index (χ0v) is 14.9. The van der Waals surface area contributed by atoms with Crippen LogP contribution >= 0.6 is 0 Å². The van der Waals surface area contributed by atoms with Crippen LogP contribution in [0.1, 0.15) is 0 Å². The van der Waals surface area contributed by atoms with Crippen LogP contribution in [0.5, 0.6) is 0 Å². The third kappa shape index (κ3) is 723. The van der Waals surface area contributed by atoms with E-state index in [0.29, 0.717) is 0 Å². The molecule has 0 aliphatic rings. The van der Waals surface area contributed by atoms with E-state index in [2.05, 4.69) is 0 Å². The quantitative estimate of drug-likeness (QED) is 0.296. The smallest absolute Gasteiger partial charge is 2.00 e. The molecular weight excluding hydrogens is 646 g/mol. The zero-order valence-electron chi connectivity index (χ0n) is 6.20. The van der Waals surface area contributed by atoms with E-state index in [1.165, 1.54) is 0 Å². The average Bonchev–Trinajstić information content (AvgIpc) is 0. The second-order valence-electron chi connectivity index (χ2n) is 0. The van der Waals surface area contributed by atoms with Crippen LogP contribution in [0.3, 0.4) is 0 Å². The van der Waals surface area contributed by atoms with E-state index in [0.717, 1.165) is 0 Å². The van der Waals surface area contributed by atoms with Gasteiger partial charge in [-0.2, -0.15) is 0 Å². The molecule has 0 aromatic carbocycles. The SMILES string of the molecule is [O-2].[O-2].[O-2].[O-2].[O-2].[O-2].[O-2].[O-2].[O-2].[O-2].[O-2].[V+5].[V+5].[W+6].[W+6]. The fraction of sp³-hybridized carbons (Fsp3) is 0. The predicted octanol–water partition coefficient (Wildman–Crippen LogP) is -1.32. The molecule has 0 aromatic rings. The van der Waals surface area contributed by atoms with Gasteiger partial charge in [0.15, 0.2) is 0 Å². The molecule has 15 heteroatoms. The van der Waals surface area contributed by atoms with E-state index in [9.17, 15) is 0 Å². The maximum absolute atomic E-state index is 0. The van der Waals surface area contributed by atoms with Crippen LogP contribution in [-0.4, -0.2) is 0 Å². The van der Waals surface area contributed by atoms with Gasteiger partial charge in [0.2, 0.25) is 0 Å². The Morgan fingerprint density at radius 3 is 0.200 bits per heavy atom. The Morgan fingerprint density at radius 2 is 0.200 bits per heavy atom. The summed E-state index contributed by atoms with van der Waals surface area (Å²) in [5, 5.41) is 0. The first kappa shape index (κ1) is 1000. The maximum Gasteiger partial charge on any atom is 6.00 e. The molecule has 0 unspecified atom stereocenters. The van der Waals surface area contributed by atoms with E-state index in [1.54, 1.807) is 0 Å². The monoisotopic (exact) mass is 646 g/mol. The topological polar surface area (TPSA) is 314 Å². The van der Waals surface area contributed by atoms with Crippen LogP contribution in [0, 0.1) is 0 Å². The fourth-order valence-electron chi connectivity index (χ4n) is 0. The molecule has 0 heterocycles. The maximum atomic E-state index is 0. The summed E-state index contributed by atoms with van der Waals surface area (Å²) in [7, 11) is 0. The van der Waals surface area contributed by atoms with Gasteiger partial charge in [-0.1, -0.05) is 0 Å². The summed E-state index contributed by atoms with van der Waals surface area (Å²) >= 11 is 0. The summed E-state index contributed by atoms with van der Waals surface area (Å²) < 4.78 is 0. The summed E-state index contributed by atoms with van der Waals surface area (Å²) in [6.45, 7) is 0. The number of rotatable bonds is 0. The van der Waals surface area contributed by atoms with Crippen molar-refractivity contribution in [3.63, 3.8) is 0 Å². The summed E-state index contributed by atoms with van der Waals surface area (Å²) in [5.41, 5.74) is 0. The molecule has 0 saturated heterocycles. The molecule has 0 bridgehead atoms. The molecule has 0 atom stereocenters. The van der Waals surface area contributed by atoms with Crippen LogP contribution in [0.15, 0.2) is 0 Å². The summed E-state index contributed by atoms with van der Waals surface area (Å²) in [5.74, 6) is 0. The molecule has 0 aromatic heterocycles. The summed E-state index contributed by atoms with van der Waals surface area (Å²) in [6, 6.07) is 0. The van der Waals surface area contributed by atoms with E-state index < -0.39 is 0 Å². The first-order chi connectivity index (χ1) is 0. The minimum absolute atomic E-state index is 0. The first-order valence-electron chi connectivity index (χ1n) is 0. The van der Waals surface area contributed by atoms with E-state index in [4.69, 9.17) is 0 Å². The summed E-state index contributed by atoms with van der Waals surface area (Å²) in [6.07, 6.45) is 0. The molecule has 0 radical (unpaired) electrons. The second kappa shape index (κ2) is 829. The molecule has 0 aliphatic heterocycles. The Hall–Kier alpha value is 2.11. The molecule has 0 saturated carbocycles. The normalized spacial score (nSPS) is 0. The van der Waals surface area contributed by atoms with Crippen molar-refractivity contribution in [2.45, 2.75) is 0 Å². The van der Waals surface area contributed by atoms with Gasteiger partial charge in [0.1, 0.15) is 0 Å². The van der Waals surface area contributed by atoms with E-state index in [-0.39, 0.29) is 139 Å². The molecule has 0 amide bonds. The van der Waals surface area contributed by atoms with Crippen molar-refractivity contribution >= 4 is 0 Å². The van der Waals surface area contributed by atoms with Gasteiger partial charge >= 0.3 is 79.2 Å². The Morgan fingerprint density at radius 1 is 0.200 bits per heavy atom. The Labute approximate surface area is 138 Å². The summed E-state index contributed by atoms with van der Waals surface area (Å²) in [4.78, 5) is 0. The second-order valence-corrected chi connectivity index (χ2v) is 0. The van der Waals surface area contributed by atoms with Gasteiger partial charge in [-0.15, -0.1) is 0 Å². The molecule has 0 aliphatic carbocycles. The van der Waals surface area contributed by atoms with Crippen molar-refractivity contribution in [2.24, 2.45) is 0 Å². The van der Waals surface area contributed by atoms with Gasteiger partial charge < -0.3 is 60.2 Å². The van der Waals surface area contributed by atoms with Crippen LogP contribution in [0.2, 0.25) is 0 Å². The number of hydrogen-bond donors (Lipinski definition) is 0. The molecule has 88 valence electrons. The largest absolute Gasteiger partial charge is 6.00 e. The van der Waals surface area contributed by atoms with Crippen molar-refractivity contribution in [3.8, 4) is 0 Å². The first-order valence-corrected chi connectivity index (χ1v) is 0. The van der Waals surface area contributed by atoms with Crippen LogP contribution in [0.4, 0.5) is 0 Å². The van der Waals surface area contributed by atoms with Crippen LogP contribution in [-0.2, 0) is 139 Å². The predicted molar refractivity (Wildman–Crippen MR) is 7.55 cm³/mol. The van der Waals surface area contributed by atoms with Crippen molar-refractivity contribution in [1.29, 1.82) is 0 Å². The Balaban J connectivity index is 0. The molecule has 0 N–H and O–H groups in total. The average molecular weight is 646 g/mol. The van der Waals surface area contributed by atoms with Crippen molar-refractivity contribution in [1.82, 2.24) is 0 Å². The Kier molecular flexibility index (Phi) is 55300. The minimum Gasteiger partial charge on any atom is -2.00 e. The van der Waals surface area contributed by atoms with Crippen LogP contribution in [0.25, 0.3) is 0 Å². The molecule has 0 rings (SSSR count). The standard InChI is InChI=1S/11O.2V.2W/q11*-2;2*+5;2*+6. The van der Waals surface area contributed by atoms with Crippen LogP contribution < -0.4 is 0 Å². The molecule has 0 spiro atoms. The fourth-order valence-corrected chi connectivity index (χ4v) is 0. The zero-order chi connectivity index (χ0) is 0. The molecular formula is O11V2W2. The van der Waals surface area contributed by atoms with Gasteiger partial charge in [-0.25, -0.2) is 0 Å². The number of hydrogen-bond acceptors (Lipinski definition) is 0. The van der Waals surface area contributed by atoms with E-state index >= 15 is 0 Å². The third-order valence-corrected chi connectivity index (χ3v) is 0. The molecule has 0 fully saturated rings.